The van der Waals surface area contributed by atoms with E-state index in [0.717, 1.165) is 5.56 Å². The molecule has 0 unspecified atom stereocenters. The lowest BCUT2D eigenvalue weighted by Crippen LogP contribution is -2.40. The van der Waals surface area contributed by atoms with Crippen LogP contribution in [0.5, 0.6) is 0 Å². The summed E-state index contributed by atoms with van der Waals surface area (Å²) in [4.78, 5) is 38.8. The Morgan fingerprint density at radius 2 is 1.82 bits per heavy atom. The van der Waals surface area contributed by atoms with E-state index in [1.165, 1.54) is 11.0 Å². The Bertz CT molecular complexity index is 1090. The average molecular weight is 377 g/mol. The maximum atomic E-state index is 12.9. The van der Waals surface area contributed by atoms with E-state index in [0.29, 0.717) is 23.1 Å². The van der Waals surface area contributed by atoms with Crippen molar-refractivity contribution in [3.8, 4) is 0 Å². The fourth-order valence-corrected chi connectivity index (χ4v) is 3.55. The monoisotopic (exact) mass is 377 g/mol. The van der Waals surface area contributed by atoms with Crippen LogP contribution in [-0.4, -0.2) is 17.9 Å². The molecule has 6 heteroatoms. The molecular formula is C22H19NO5. The molecule has 0 aliphatic carbocycles. The van der Waals surface area contributed by atoms with Gasteiger partial charge in [0.1, 0.15) is 17.7 Å². The van der Waals surface area contributed by atoms with Crippen molar-refractivity contribution in [1.29, 1.82) is 0 Å². The van der Waals surface area contributed by atoms with Crippen molar-refractivity contribution < 1.29 is 18.7 Å². The van der Waals surface area contributed by atoms with Crippen LogP contribution in [0.1, 0.15) is 31.4 Å². The van der Waals surface area contributed by atoms with Gasteiger partial charge in [-0.3, -0.25) is 9.69 Å². The second kappa shape index (κ2) is 7.31. The summed E-state index contributed by atoms with van der Waals surface area (Å²) >= 11 is 0. The van der Waals surface area contributed by atoms with E-state index in [1.807, 2.05) is 30.3 Å². The van der Waals surface area contributed by atoms with Crippen molar-refractivity contribution in [2.75, 3.05) is 4.90 Å². The van der Waals surface area contributed by atoms with E-state index in [4.69, 9.17) is 9.15 Å². The minimum absolute atomic E-state index is 0.216. The van der Waals surface area contributed by atoms with E-state index in [1.54, 1.807) is 31.2 Å². The number of anilines is 1. The molecule has 2 atom stereocenters. The average Bonchev–Trinajstić information content (AvgIpc) is 3.09. The first-order valence-electron chi connectivity index (χ1n) is 9.15. The van der Waals surface area contributed by atoms with Gasteiger partial charge in [0.15, 0.2) is 0 Å². The van der Waals surface area contributed by atoms with Crippen LogP contribution in [-0.2, 0) is 14.3 Å². The van der Waals surface area contributed by atoms with Gasteiger partial charge in [-0.1, -0.05) is 42.5 Å². The van der Waals surface area contributed by atoms with E-state index in [-0.39, 0.29) is 12.3 Å². The number of ether oxygens (including phenoxy) is 1. The number of amides is 1. The molecule has 2 heterocycles. The van der Waals surface area contributed by atoms with Crippen LogP contribution < -0.4 is 10.5 Å². The summed E-state index contributed by atoms with van der Waals surface area (Å²) in [6.45, 7) is 1.79. The van der Waals surface area contributed by atoms with Crippen molar-refractivity contribution in [2.24, 2.45) is 0 Å². The Kier molecular flexibility index (Phi) is 4.69. The molecule has 28 heavy (non-hydrogen) atoms. The van der Waals surface area contributed by atoms with Crippen LogP contribution in [0.25, 0.3) is 11.0 Å². The molecule has 2 aromatic carbocycles. The number of benzene rings is 2. The number of para-hydroxylation sites is 1. The molecule has 0 spiro atoms. The number of esters is 1. The van der Waals surface area contributed by atoms with Gasteiger partial charge in [-0.15, -0.1) is 0 Å². The summed E-state index contributed by atoms with van der Waals surface area (Å²) in [5, 5.41) is 0.603. The molecule has 1 aliphatic heterocycles. The van der Waals surface area contributed by atoms with Gasteiger partial charge in [0.25, 0.3) is 0 Å². The van der Waals surface area contributed by atoms with Gasteiger partial charge in [0.05, 0.1) is 5.69 Å². The first kappa shape index (κ1) is 18.0. The van der Waals surface area contributed by atoms with E-state index in [2.05, 4.69) is 0 Å². The molecular weight excluding hydrogens is 358 g/mol. The molecule has 4 rings (SSSR count). The zero-order valence-corrected chi connectivity index (χ0v) is 15.3. The van der Waals surface area contributed by atoms with Crippen LogP contribution in [0.2, 0.25) is 0 Å². The Morgan fingerprint density at radius 1 is 1.11 bits per heavy atom. The number of carbonyl (C=O) groups excluding carboxylic acids is 2. The highest BCUT2D eigenvalue weighted by Crippen LogP contribution is 2.33. The molecule has 6 nitrogen and oxygen atoms in total. The lowest BCUT2D eigenvalue weighted by atomic mass is 10.1. The molecule has 0 radical (unpaired) electrons. The zero-order chi connectivity index (χ0) is 19.7. The summed E-state index contributed by atoms with van der Waals surface area (Å²) in [5.41, 5.74) is 1.05. The first-order chi connectivity index (χ1) is 13.5. The van der Waals surface area contributed by atoms with E-state index >= 15 is 0 Å². The predicted octanol–water partition coefficient (Wildman–Crippen LogP) is 3.59. The molecule has 1 saturated heterocycles. The molecule has 0 bridgehead atoms. The zero-order valence-electron chi connectivity index (χ0n) is 15.3. The third-order valence-corrected chi connectivity index (χ3v) is 4.93. The van der Waals surface area contributed by atoms with Crippen molar-refractivity contribution >= 4 is 28.5 Å². The third-order valence-electron chi connectivity index (χ3n) is 4.93. The van der Waals surface area contributed by atoms with E-state index in [9.17, 15) is 14.4 Å². The minimum Gasteiger partial charge on any atom is -0.456 e. The van der Waals surface area contributed by atoms with Crippen molar-refractivity contribution in [3.63, 3.8) is 0 Å². The number of rotatable bonds is 4. The van der Waals surface area contributed by atoms with Crippen molar-refractivity contribution in [1.82, 2.24) is 0 Å². The quantitative estimate of drug-likeness (QED) is 0.513. The number of fused-ring (bicyclic) bond motifs is 1. The Morgan fingerprint density at radius 3 is 2.61 bits per heavy atom. The molecule has 0 saturated carbocycles. The Labute approximate surface area is 161 Å². The van der Waals surface area contributed by atoms with E-state index < -0.39 is 23.7 Å². The lowest BCUT2D eigenvalue weighted by molar-refractivity contribution is -0.150. The number of carbonyl (C=O) groups is 2. The van der Waals surface area contributed by atoms with Crippen LogP contribution in [0, 0.1) is 0 Å². The third kappa shape index (κ3) is 3.29. The van der Waals surface area contributed by atoms with Crippen LogP contribution in [0.3, 0.4) is 0 Å². The fraction of sp³-hybridized carbons (Fsp3) is 0.227. The summed E-state index contributed by atoms with van der Waals surface area (Å²) in [7, 11) is 0. The molecule has 1 aromatic heterocycles. The van der Waals surface area contributed by atoms with Crippen LogP contribution >= 0.6 is 0 Å². The maximum Gasteiger partial charge on any atom is 0.338 e. The minimum atomic E-state index is -0.774. The van der Waals surface area contributed by atoms with Crippen LogP contribution in [0.4, 0.5) is 5.69 Å². The summed E-state index contributed by atoms with van der Waals surface area (Å²) < 4.78 is 10.8. The number of hydrogen-bond donors (Lipinski definition) is 0. The van der Waals surface area contributed by atoms with Crippen molar-refractivity contribution in [2.45, 2.75) is 31.9 Å². The van der Waals surface area contributed by atoms with Gasteiger partial charge in [-0.2, -0.15) is 0 Å². The number of nitrogens with zero attached hydrogens (tertiary/aromatic N) is 1. The van der Waals surface area contributed by atoms with Crippen LogP contribution in [0.15, 0.2) is 69.9 Å². The molecule has 142 valence electrons. The fourth-order valence-electron chi connectivity index (χ4n) is 3.55. The molecule has 1 fully saturated rings. The molecule has 0 N–H and O–H groups in total. The van der Waals surface area contributed by atoms with Gasteiger partial charge in [0.2, 0.25) is 5.91 Å². The standard InChI is InChI=1S/C22H19NO5/c1-14(15-7-3-2-4-8-15)27-22(26)17-11-12-20(24)23(17)18-13-21(25)28-19-10-6-5-9-16(18)19/h2-10,13-14,17H,11-12H2,1H3/t14-,17-/m0/s1. The lowest BCUT2D eigenvalue weighted by Gasteiger charge is -2.25. The van der Waals surface area contributed by atoms with Crippen molar-refractivity contribution in [3.05, 3.63) is 76.6 Å². The Hall–Kier alpha value is -3.41. The first-order valence-corrected chi connectivity index (χ1v) is 9.15. The van der Waals surface area contributed by atoms with Gasteiger partial charge in [-0.25, -0.2) is 9.59 Å². The molecule has 1 aliphatic rings. The van der Waals surface area contributed by atoms with Gasteiger partial charge < -0.3 is 9.15 Å². The summed E-state index contributed by atoms with van der Waals surface area (Å²) in [6.07, 6.45) is 0.116. The smallest absolute Gasteiger partial charge is 0.338 e. The summed E-state index contributed by atoms with van der Waals surface area (Å²) in [5.74, 6) is -0.704. The highest BCUT2D eigenvalue weighted by Gasteiger charge is 2.39. The van der Waals surface area contributed by atoms with Gasteiger partial charge in [-0.05, 0) is 31.0 Å². The maximum absolute atomic E-state index is 12.9. The second-order valence-corrected chi connectivity index (χ2v) is 6.75. The second-order valence-electron chi connectivity index (χ2n) is 6.75. The predicted molar refractivity (Wildman–Crippen MR) is 104 cm³/mol. The van der Waals surface area contributed by atoms with Gasteiger partial charge >= 0.3 is 11.6 Å². The Balaban J connectivity index is 1.66. The molecule has 1 amide bonds. The summed E-state index contributed by atoms with van der Waals surface area (Å²) in [6, 6.07) is 16.8. The normalized spacial score (nSPS) is 17.7. The topological polar surface area (TPSA) is 76.8 Å². The van der Waals surface area contributed by atoms with Gasteiger partial charge in [0, 0.05) is 17.9 Å². The largest absolute Gasteiger partial charge is 0.456 e. The SMILES string of the molecule is C[C@H](OC(=O)[C@@H]1CCC(=O)N1c1cc(=O)oc2ccccc12)c1ccccc1. The number of hydrogen-bond acceptors (Lipinski definition) is 5. The highest BCUT2D eigenvalue weighted by atomic mass is 16.5. The highest BCUT2D eigenvalue weighted by molar-refractivity contribution is 6.07. The molecule has 3 aromatic rings.